The molecule has 20 heavy (non-hydrogen) atoms. The maximum Gasteiger partial charge on any atom is 0.119 e. The minimum absolute atomic E-state index is 0.552. The summed E-state index contributed by atoms with van der Waals surface area (Å²) in [5, 5.41) is 3.67. The lowest BCUT2D eigenvalue weighted by Gasteiger charge is -2.27. The average Bonchev–Trinajstić information content (AvgIpc) is 2.50. The van der Waals surface area contributed by atoms with E-state index >= 15 is 0 Å². The summed E-state index contributed by atoms with van der Waals surface area (Å²) in [6.07, 6.45) is 10.6. The molecule has 0 fully saturated rings. The number of unbranched alkanes of at least 4 members (excludes halogenated alkanes) is 5. The first-order chi connectivity index (χ1) is 9.85. The van der Waals surface area contributed by atoms with Gasteiger partial charge < -0.3 is 10.1 Å². The van der Waals surface area contributed by atoms with Gasteiger partial charge in [0.25, 0.3) is 0 Å². The van der Waals surface area contributed by atoms with Crippen molar-refractivity contribution >= 4 is 0 Å². The van der Waals surface area contributed by atoms with Gasteiger partial charge in [0, 0.05) is 6.04 Å². The number of hydrogen-bond donors (Lipinski definition) is 1. The molecule has 0 radical (unpaired) electrons. The van der Waals surface area contributed by atoms with E-state index in [0.29, 0.717) is 6.04 Å². The molecule has 0 amide bonds. The molecule has 0 bridgehead atoms. The van der Waals surface area contributed by atoms with Crippen LogP contribution in [0.25, 0.3) is 0 Å². The van der Waals surface area contributed by atoms with E-state index in [-0.39, 0.29) is 0 Å². The van der Waals surface area contributed by atoms with Crippen LogP contribution in [-0.2, 0) is 6.42 Å². The summed E-state index contributed by atoms with van der Waals surface area (Å²) in [6, 6.07) is 7.11. The van der Waals surface area contributed by atoms with Gasteiger partial charge in [0.1, 0.15) is 5.75 Å². The molecule has 0 spiro atoms. The van der Waals surface area contributed by atoms with Crippen molar-refractivity contribution in [1.82, 2.24) is 5.32 Å². The van der Waals surface area contributed by atoms with E-state index < -0.39 is 0 Å². The lowest BCUT2D eigenvalue weighted by atomic mass is 9.91. The van der Waals surface area contributed by atoms with Gasteiger partial charge in [-0.25, -0.2) is 0 Å². The van der Waals surface area contributed by atoms with E-state index in [2.05, 4.69) is 30.4 Å². The van der Waals surface area contributed by atoms with Crippen molar-refractivity contribution < 1.29 is 4.74 Å². The Morgan fingerprint density at radius 2 is 1.95 bits per heavy atom. The summed E-state index contributed by atoms with van der Waals surface area (Å²) in [5.41, 5.74) is 2.96. The lowest BCUT2D eigenvalue weighted by Crippen LogP contribution is -2.29. The predicted octanol–water partition coefficient (Wildman–Crippen LogP) is 4.63. The van der Waals surface area contributed by atoms with E-state index in [1.165, 1.54) is 56.1 Å². The zero-order chi connectivity index (χ0) is 14.2. The summed E-state index contributed by atoms with van der Waals surface area (Å²) in [4.78, 5) is 0. The number of benzene rings is 1. The largest absolute Gasteiger partial charge is 0.497 e. The number of methoxy groups -OCH3 is 1. The highest BCUT2D eigenvalue weighted by atomic mass is 16.5. The Morgan fingerprint density at radius 1 is 1.15 bits per heavy atom. The quantitative estimate of drug-likeness (QED) is 0.698. The Hall–Kier alpha value is -1.02. The van der Waals surface area contributed by atoms with Crippen LogP contribution in [-0.4, -0.2) is 13.7 Å². The third-order valence-corrected chi connectivity index (χ3v) is 4.36. The molecule has 1 heterocycles. The van der Waals surface area contributed by atoms with Crippen molar-refractivity contribution in [2.75, 3.05) is 13.7 Å². The molecule has 1 N–H and O–H groups in total. The molecule has 0 aliphatic carbocycles. The van der Waals surface area contributed by atoms with E-state index in [0.717, 1.165) is 18.7 Å². The van der Waals surface area contributed by atoms with E-state index in [1.54, 1.807) is 7.11 Å². The van der Waals surface area contributed by atoms with Gasteiger partial charge >= 0.3 is 0 Å². The van der Waals surface area contributed by atoms with E-state index in [9.17, 15) is 0 Å². The zero-order valence-corrected chi connectivity index (χ0v) is 13.1. The van der Waals surface area contributed by atoms with Crippen LogP contribution < -0.4 is 10.1 Å². The molecule has 112 valence electrons. The Labute approximate surface area is 123 Å². The highest BCUT2D eigenvalue weighted by Gasteiger charge is 2.19. The molecule has 1 aromatic carbocycles. The maximum absolute atomic E-state index is 5.33. The highest BCUT2D eigenvalue weighted by molar-refractivity contribution is 5.39. The number of rotatable bonds is 8. The summed E-state index contributed by atoms with van der Waals surface area (Å²) >= 11 is 0. The zero-order valence-electron chi connectivity index (χ0n) is 13.1. The fraction of sp³-hybridized carbons (Fsp3) is 0.667. The second kappa shape index (κ2) is 8.31. The summed E-state index contributed by atoms with van der Waals surface area (Å²) in [6.45, 7) is 3.37. The normalized spacial score (nSPS) is 17.8. The van der Waals surface area contributed by atoms with Crippen LogP contribution in [0.3, 0.4) is 0 Å². The third-order valence-electron chi connectivity index (χ3n) is 4.36. The summed E-state index contributed by atoms with van der Waals surface area (Å²) < 4.78 is 5.33. The van der Waals surface area contributed by atoms with Gasteiger partial charge in [-0.3, -0.25) is 0 Å². The molecule has 2 rings (SSSR count). The molecule has 0 aromatic heterocycles. The molecule has 1 aromatic rings. The minimum atomic E-state index is 0.552. The standard InChI is InChI=1S/C18H29NO/c1-3-4-5-6-7-8-9-18-17-11-10-16(20-2)14-15(17)12-13-19-18/h10-11,14,18-19H,3-9,12-13H2,1-2H3. The summed E-state index contributed by atoms with van der Waals surface area (Å²) in [7, 11) is 1.75. The van der Waals surface area contributed by atoms with Gasteiger partial charge in [-0.15, -0.1) is 0 Å². The Morgan fingerprint density at radius 3 is 2.75 bits per heavy atom. The molecule has 1 aliphatic rings. The second-order valence-electron chi connectivity index (χ2n) is 5.88. The van der Waals surface area contributed by atoms with Crippen LogP contribution in [0.1, 0.15) is 69.0 Å². The van der Waals surface area contributed by atoms with Gasteiger partial charge in [-0.2, -0.15) is 0 Å². The Balaban J connectivity index is 1.82. The second-order valence-corrected chi connectivity index (χ2v) is 5.88. The van der Waals surface area contributed by atoms with Gasteiger partial charge in [0.2, 0.25) is 0 Å². The van der Waals surface area contributed by atoms with Crippen molar-refractivity contribution in [3.8, 4) is 5.75 Å². The molecule has 1 atom stereocenters. The van der Waals surface area contributed by atoms with Crippen molar-refractivity contribution in [1.29, 1.82) is 0 Å². The first-order valence-corrected chi connectivity index (χ1v) is 8.25. The highest BCUT2D eigenvalue weighted by Crippen LogP contribution is 2.29. The van der Waals surface area contributed by atoms with Crippen LogP contribution in [0.15, 0.2) is 18.2 Å². The fourth-order valence-electron chi connectivity index (χ4n) is 3.14. The smallest absolute Gasteiger partial charge is 0.119 e. The van der Waals surface area contributed by atoms with E-state index in [4.69, 9.17) is 4.74 Å². The molecule has 0 saturated carbocycles. The molecular formula is C18H29NO. The molecule has 0 saturated heterocycles. The summed E-state index contributed by atoms with van der Waals surface area (Å²) in [5.74, 6) is 0.990. The lowest BCUT2D eigenvalue weighted by molar-refractivity contribution is 0.410. The van der Waals surface area contributed by atoms with Gasteiger partial charge in [0.05, 0.1) is 7.11 Å². The Bertz CT molecular complexity index is 402. The van der Waals surface area contributed by atoms with Crippen LogP contribution >= 0.6 is 0 Å². The van der Waals surface area contributed by atoms with Crippen LogP contribution in [0.4, 0.5) is 0 Å². The van der Waals surface area contributed by atoms with Crippen molar-refractivity contribution in [3.63, 3.8) is 0 Å². The molecular weight excluding hydrogens is 246 g/mol. The number of ether oxygens (including phenoxy) is 1. The first kappa shape index (κ1) is 15.4. The van der Waals surface area contributed by atoms with Gasteiger partial charge in [-0.1, -0.05) is 51.5 Å². The van der Waals surface area contributed by atoms with Crippen molar-refractivity contribution in [2.45, 2.75) is 64.3 Å². The Kier molecular flexibility index (Phi) is 6.38. The number of hydrogen-bond acceptors (Lipinski definition) is 2. The average molecular weight is 275 g/mol. The topological polar surface area (TPSA) is 21.3 Å². The van der Waals surface area contributed by atoms with E-state index in [1.807, 2.05) is 0 Å². The number of fused-ring (bicyclic) bond motifs is 1. The molecule has 1 aliphatic heterocycles. The van der Waals surface area contributed by atoms with Crippen molar-refractivity contribution in [2.24, 2.45) is 0 Å². The number of nitrogens with one attached hydrogen (secondary N) is 1. The van der Waals surface area contributed by atoms with Crippen LogP contribution in [0.5, 0.6) is 5.75 Å². The minimum Gasteiger partial charge on any atom is -0.497 e. The third kappa shape index (κ3) is 4.24. The van der Waals surface area contributed by atoms with Crippen molar-refractivity contribution in [3.05, 3.63) is 29.3 Å². The monoisotopic (exact) mass is 275 g/mol. The molecule has 2 nitrogen and oxygen atoms in total. The predicted molar refractivity (Wildman–Crippen MR) is 85.4 cm³/mol. The fourth-order valence-corrected chi connectivity index (χ4v) is 3.14. The SMILES string of the molecule is CCCCCCCCC1NCCc2cc(OC)ccc21. The van der Waals surface area contributed by atoms with Gasteiger partial charge in [-0.05, 0) is 42.6 Å². The molecule has 2 heteroatoms. The first-order valence-electron chi connectivity index (χ1n) is 8.25. The van der Waals surface area contributed by atoms with Crippen LogP contribution in [0, 0.1) is 0 Å². The van der Waals surface area contributed by atoms with Crippen LogP contribution in [0.2, 0.25) is 0 Å². The van der Waals surface area contributed by atoms with Gasteiger partial charge in [0.15, 0.2) is 0 Å². The maximum atomic E-state index is 5.33. The molecule has 1 unspecified atom stereocenters.